The van der Waals surface area contributed by atoms with Gasteiger partial charge in [-0.1, -0.05) is 48.5 Å². The first kappa shape index (κ1) is 18.0. The summed E-state index contributed by atoms with van der Waals surface area (Å²) >= 11 is 0. The molecule has 0 spiro atoms. The maximum Gasteiger partial charge on any atom is 0.000770 e. The van der Waals surface area contributed by atoms with Gasteiger partial charge in [0.1, 0.15) is 0 Å². The molecule has 1 rings (SSSR count). The van der Waals surface area contributed by atoms with Crippen LogP contribution in [0.25, 0.3) is 0 Å². The molecule has 0 atom stereocenters. The highest BCUT2D eigenvalue weighted by Crippen LogP contribution is 2.48. The highest BCUT2D eigenvalue weighted by molar-refractivity contribution is 4.91. The van der Waals surface area contributed by atoms with E-state index in [-0.39, 0.29) is 0 Å². The summed E-state index contributed by atoms with van der Waals surface area (Å²) in [6.45, 7) is 19.0. The third-order valence-corrected chi connectivity index (χ3v) is 5.43. The Labute approximate surface area is 128 Å². The Morgan fingerprint density at radius 1 is 1.00 bits per heavy atom. The average Bonchev–Trinajstić information content (AvgIpc) is 2.33. The Balaban J connectivity index is 2.63. The summed E-state index contributed by atoms with van der Waals surface area (Å²) in [4.78, 5) is 0. The molecule has 1 saturated carbocycles. The fourth-order valence-corrected chi connectivity index (χ4v) is 3.64. The van der Waals surface area contributed by atoms with Gasteiger partial charge in [0.15, 0.2) is 0 Å². The van der Waals surface area contributed by atoms with Crippen molar-refractivity contribution in [1.82, 2.24) is 5.32 Å². The molecule has 0 aromatic heterocycles. The SMILES string of the molecule is CCNCC1(CCC(C)(C)C)CCC(C(C)(C)C)CC1. The zero-order chi connectivity index (χ0) is 15.4. The van der Waals surface area contributed by atoms with Crippen LogP contribution < -0.4 is 5.32 Å². The van der Waals surface area contributed by atoms with E-state index in [0.29, 0.717) is 16.2 Å². The van der Waals surface area contributed by atoms with Crippen molar-refractivity contribution in [2.45, 2.75) is 87.0 Å². The quantitative estimate of drug-likeness (QED) is 0.687. The molecule has 0 unspecified atom stereocenters. The molecule has 0 radical (unpaired) electrons. The summed E-state index contributed by atoms with van der Waals surface area (Å²) < 4.78 is 0. The fraction of sp³-hybridized carbons (Fsp3) is 1.00. The van der Waals surface area contributed by atoms with Crippen LogP contribution in [0.2, 0.25) is 0 Å². The maximum absolute atomic E-state index is 3.65. The Morgan fingerprint density at radius 2 is 1.55 bits per heavy atom. The second-order valence-electron chi connectivity index (χ2n) is 9.48. The number of hydrogen-bond acceptors (Lipinski definition) is 1. The maximum atomic E-state index is 3.65. The molecule has 0 heterocycles. The fourth-order valence-electron chi connectivity index (χ4n) is 3.64. The first-order valence-electron chi connectivity index (χ1n) is 8.79. The Morgan fingerprint density at radius 3 is 1.95 bits per heavy atom. The van der Waals surface area contributed by atoms with Crippen LogP contribution in [0.15, 0.2) is 0 Å². The van der Waals surface area contributed by atoms with Crippen LogP contribution in [0, 0.1) is 22.2 Å². The zero-order valence-electron chi connectivity index (χ0n) is 15.2. The number of hydrogen-bond donors (Lipinski definition) is 1. The van der Waals surface area contributed by atoms with E-state index in [0.717, 1.165) is 12.5 Å². The molecule has 0 aromatic carbocycles. The largest absolute Gasteiger partial charge is 0.316 e. The van der Waals surface area contributed by atoms with Crippen LogP contribution in [-0.2, 0) is 0 Å². The molecule has 1 nitrogen and oxygen atoms in total. The standard InChI is InChI=1S/C19H39N/c1-8-20-15-19(14-13-17(2,3)4)11-9-16(10-12-19)18(5,6)7/h16,20H,8-15H2,1-7H3. The molecular weight excluding hydrogens is 242 g/mol. The van der Waals surface area contributed by atoms with Crippen LogP contribution in [0.5, 0.6) is 0 Å². The molecule has 20 heavy (non-hydrogen) atoms. The van der Waals surface area contributed by atoms with E-state index in [1.54, 1.807) is 0 Å². The lowest BCUT2D eigenvalue weighted by molar-refractivity contribution is 0.0706. The smallest absolute Gasteiger partial charge is 0.000770 e. The normalized spacial score (nSPS) is 28.6. The van der Waals surface area contributed by atoms with E-state index < -0.39 is 0 Å². The lowest BCUT2D eigenvalue weighted by Crippen LogP contribution is -2.40. The first-order chi connectivity index (χ1) is 9.08. The molecule has 1 aliphatic rings. The lowest BCUT2D eigenvalue weighted by Gasteiger charge is -2.45. The number of nitrogens with one attached hydrogen (secondary N) is 1. The van der Waals surface area contributed by atoms with Gasteiger partial charge in [0.05, 0.1) is 0 Å². The van der Waals surface area contributed by atoms with Gasteiger partial charge in [0.25, 0.3) is 0 Å². The van der Waals surface area contributed by atoms with Crippen molar-refractivity contribution >= 4 is 0 Å². The monoisotopic (exact) mass is 281 g/mol. The lowest BCUT2D eigenvalue weighted by atomic mass is 9.62. The molecule has 1 heteroatoms. The third kappa shape index (κ3) is 5.76. The molecule has 0 aliphatic heterocycles. The van der Waals surface area contributed by atoms with Crippen molar-refractivity contribution in [1.29, 1.82) is 0 Å². The molecule has 0 saturated heterocycles. The van der Waals surface area contributed by atoms with Crippen LogP contribution in [0.3, 0.4) is 0 Å². The predicted octanol–water partition coefficient (Wildman–Crippen LogP) is 5.64. The summed E-state index contributed by atoms with van der Waals surface area (Å²) in [6, 6.07) is 0. The van der Waals surface area contributed by atoms with Gasteiger partial charge >= 0.3 is 0 Å². The van der Waals surface area contributed by atoms with E-state index in [1.165, 1.54) is 45.1 Å². The van der Waals surface area contributed by atoms with Gasteiger partial charge in [0, 0.05) is 6.54 Å². The summed E-state index contributed by atoms with van der Waals surface area (Å²) in [6.07, 6.45) is 8.48. The molecular formula is C19H39N. The second-order valence-corrected chi connectivity index (χ2v) is 9.48. The Hall–Kier alpha value is -0.0400. The van der Waals surface area contributed by atoms with Crippen LogP contribution in [-0.4, -0.2) is 13.1 Å². The minimum Gasteiger partial charge on any atom is -0.316 e. The highest BCUT2D eigenvalue weighted by atomic mass is 14.9. The van der Waals surface area contributed by atoms with Crippen molar-refractivity contribution in [3.63, 3.8) is 0 Å². The average molecular weight is 282 g/mol. The van der Waals surface area contributed by atoms with Crippen LogP contribution >= 0.6 is 0 Å². The molecule has 0 amide bonds. The summed E-state index contributed by atoms with van der Waals surface area (Å²) in [5.74, 6) is 0.923. The van der Waals surface area contributed by atoms with Gasteiger partial charge in [0.2, 0.25) is 0 Å². The molecule has 1 fully saturated rings. The van der Waals surface area contributed by atoms with Crippen LogP contribution in [0.1, 0.15) is 87.0 Å². The molecule has 120 valence electrons. The van der Waals surface area contributed by atoms with Crippen molar-refractivity contribution in [2.24, 2.45) is 22.2 Å². The molecule has 0 aromatic rings. The summed E-state index contributed by atoms with van der Waals surface area (Å²) in [5, 5.41) is 3.65. The molecule has 1 aliphatic carbocycles. The van der Waals surface area contributed by atoms with Crippen molar-refractivity contribution in [2.75, 3.05) is 13.1 Å². The van der Waals surface area contributed by atoms with Gasteiger partial charge in [-0.05, 0) is 67.2 Å². The minimum absolute atomic E-state index is 0.472. The second kappa shape index (κ2) is 6.81. The van der Waals surface area contributed by atoms with Crippen LogP contribution in [0.4, 0.5) is 0 Å². The van der Waals surface area contributed by atoms with Gasteiger partial charge in [-0.15, -0.1) is 0 Å². The third-order valence-electron chi connectivity index (χ3n) is 5.43. The van der Waals surface area contributed by atoms with Crippen molar-refractivity contribution in [3.05, 3.63) is 0 Å². The van der Waals surface area contributed by atoms with Gasteiger partial charge in [-0.3, -0.25) is 0 Å². The Bertz CT molecular complexity index is 271. The summed E-state index contributed by atoms with van der Waals surface area (Å²) in [7, 11) is 0. The van der Waals surface area contributed by atoms with Crippen molar-refractivity contribution < 1.29 is 0 Å². The number of rotatable bonds is 5. The predicted molar refractivity (Wildman–Crippen MR) is 91.1 cm³/mol. The molecule has 0 bridgehead atoms. The van der Waals surface area contributed by atoms with E-state index in [9.17, 15) is 0 Å². The van der Waals surface area contributed by atoms with E-state index in [1.807, 2.05) is 0 Å². The zero-order valence-corrected chi connectivity index (χ0v) is 15.2. The first-order valence-corrected chi connectivity index (χ1v) is 8.79. The Kier molecular flexibility index (Phi) is 6.14. The topological polar surface area (TPSA) is 12.0 Å². The molecule has 1 N–H and O–H groups in total. The van der Waals surface area contributed by atoms with E-state index in [2.05, 4.69) is 53.8 Å². The van der Waals surface area contributed by atoms with Gasteiger partial charge in [-0.2, -0.15) is 0 Å². The van der Waals surface area contributed by atoms with Crippen molar-refractivity contribution in [3.8, 4) is 0 Å². The van der Waals surface area contributed by atoms with E-state index >= 15 is 0 Å². The highest BCUT2D eigenvalue weighted by Gasteiger charge is 2.38. The minimum atomic E-state index is 0.472. The van der Waals surface area contributed by atoms with Gasteiger partial charge in [-0.25, -0.2) is 0 Å². The van der Waals surface area contributed by atoms with Gasteiger partial charge < -0.3 is 5.32 Å². The summed E-state index contributed by atoms with van der Waals surface area (Å²) in [5.41, 5.74) is 1.54. The van der Waals surface area contributed by atoms with E-state index in [4.69, 9.17) is 0 Å².